The molecule has 0 spiro atoms. The average Bonchev–Trinajstić information content (AvgIpc) is 2.09. The normalized spacial score (nSPS) is 18.5. The van der Waals surface area contributed by atoms with E-state index in [-0.39, 0.29) is 5.97 Å². The molecule has 0 aromatic carbocycles. The maximum Gasteiger partial charge on any atom is 0.332 e. The van der Waals surface area contributed by atoms with Gasteiger partial charge < -0.3 is 9.64 Å². The monoisotopic (exact) mass is 165 g/mol. The molecule has 12 heavy (non-hydrogen) atoms. The Morgan fingerprint density at radius 3 is 2.92 bits per heavy atom. The molecule has 0 aromatic rings. The van der Waals surface area contributed by atoms with Crippen LogP contribution in [0.2, 0.25) is 0 Å². The summed E-state index contributed by atoms with van der Waals surface area (Å²) in [5.74, 6) is -0.336. The van der Waals surface area contributed by atoms with E-state index in [0.29, 0.717) is 0 Å². The van der Waals surface area contributed by atoms with Crippen molar-refractivity contribution in [2.24, 2.45) is 0 Å². The number of hydrogen-bond donors (Lipinski definition) is 0. The molecule has 0 bridgehead atoms. The Hall–Kier alpha value is -1.51. The first-order valence-electron chi connectivity index (χ1n) is 3.61. The summed E-state index contributed by atoms with van der Waals surface area (Å²) in [6.07, 6.45) is 8.93. The van der Waals surface area contributed by atoms with Gasteiger partial charge >= 0.3 is 5.97 Å². The second-order valence-corrected chi connectivity index (χ2v) is 2.40. The van der Waals surface area contributed by atoms with Gasteiger partial charge in [0.05, 0.1) is 7.11 Å². The summed E-state index contributed by atoms with van der Waals surface area (Å²) < 4.78 is 4.50. The topological polar surface area (TPSA) is 29.5 Å². The highest BCUT2D eigenvalue weighted by atomic mass is 16.5. The lowest BCUT2D eigenvalue weighted by Gasteiger charge is -2.16. The van der Waals surface area contributed by atoms with Crippen molar-refractivity contribution in [1.29, 1.82) is 0 Å². The van der Waals surface area contributed by atoms with Gasteiger partial charge in [-0.3, -0.25) is 0 Å². The van der Waals surface area contributed by atoms with Gasteiger partial charge in [-0.25, -0.2) is 4.79 Å². The van der Waals surface area contributed by atoms with Crippen LogP contribution >= 0.6 is 0 Å². The number of carbonyl (C=O) groups is 1. The zero-order chi connectivity index (χ0) is 8.97. The van der Waals surface area contributed by atoms with Crippen LogP contribution in [0.5, 0.6) is 0 Å². The van der Waals surface area contributed by atoms with E-state index in [1.807, 2.05) is 36.4 Å². The maximum atomic E-state index is 10.8. The molecule has 1 heterocycles. The van der Waals surface area contributed by atoms with Gasteiger partial charge in [0, 0.05) is 25.0 Å². The Kier molecular flexibility index (Phi) is 2.69. The summed E-state index contributed by atoms with van der Waals surface area (Å²) in [5, 5.41) is 0. The number of nitrogens with zero attached hydrogens (tertiary/aromatic N) is 1. The molecule has 0 unspecified atom stereocenters. The van der Waals surface area contributed by atoms with Crippen LogP contribution in [0.15, 0.2) is 36.2 Å². The van der Waals surface area contributed by atoms with Crippen LogP contribution in [0.1, 0.15) is 0 Å². The molecule has 0 saturated heterocycles. The first kappa shape index (κ1) is 8.59. The Labute approximate surface area is 71.6 Å². The summed E-state index contributed by atoms with van der Waals surface area (Å²) in [5.41, 5.74) is 0.823. The van der Waals surface area contributed by atoms with E-state index < -0.39 is 0 Å². The van der Waals surface area contributed by atoms with Gasteiger partial charge in [0.15, 0.2) is 0 Å². The van der Waals surface area contributed by atoms with Crippen molar-refractivity contribution >= 4 is 5.97 Å². The molecule has 1 aliphatic heterocycles. The van der Waals surface area contributed by atoms with E-state index >= 15 is 0 Å². The lowest BCUT2D eigenvalue weighted by atomic mass is 10.3. The molecule has 0 aliphatic carbocycles. The van der Waals surface area contributed by atoms with Crippen LogP contribution in [0, 0.1) is 0 Å². The fourth-order valence-electron chi connectivity index (χ4n) is 0.866. The van der Waals surface area contributed by atoms with E-state index in [4.69, 9.17) is 0 Å². The van der Waals surface area contributed by atoms with E-state index in [1.165, 1.54) is 13.2 Å². The van der Waals surface area contributed by atoms with Gasteiger partial charge in [0.25, 0.3) is 0 Å². The summed E-state index contributed by atoms with van der Waals surface area (Å²) in [6, 6.07) is 0. The Bertz CT molecular complexity index is 264. The molecule has 0 amide bonds. The molecule has 0 saturated carbocycles. The predicted octanol–water partition coefficient (Wildman–Crippen LogP) is 1.06. The lowest BCUT2D eigenvalue weighted by Crippen LogP contribution is -2.12. The molecule has 0 fully saturated rings. The lowest BCUT2D eigenvalue weighted by molar-refractivity contribution is -0.134. The van der Waals surface area contributed by atoms with Crippen LogP contribution in [0.4, 0.5) is 0 Å². The largest absolute Gasteiger partial charge is 0.466 e. The number of ether oxygens (including phenoxy) is 1. The van der Waals surface area contributed by atoms with Crippen LogP contribution in [0.25, 0.3) is 0 Å². The number of esters is 1. The fourth-order valence-corrected chi connectivity index (χ4v) is 0.866. The minimum Gasteiger partial charge on any atom is -0.466 e. The Morgan fingerprint density at radius 2 is 2.33 bits per heavy atom. The van der Waals surface area contributed by atoms with E-state index in [9.17, 15) is 4.79 Å². The quantitative estimate of drug-likeness (QED) is 0.430. The zero-order valence-corrected chi connectivity index (χ0v) is 7.15. The molecule has 0 radical (unpaired) electrons. The number of carbonyl (C=O) groups excluding carboxylic acids is 1. The smallest absolute Gasteiger partial charge is 0.332 e. The number of methoxy groups -OCH3 is 1. The molecular formula is C9H11NO2. The van der Waals surface area contributed by atoms with Crippen molar-refractivity contribution in [3.63, 3.8) is 0 Å². The molecule has 0 atom stereocenters. The number of rotatable bonds is 1. The fraction of sp³-hybridized carbons (Fsp3) is 0.222. The highest BCUT2D eigenvalue weighted by Gasteiger charge is 2.03. The van der Waals surface area contributed by atoms with Crippen LogP contribution < -0.4 is 0 Å². The second kappa shape index (κ2) is 3.76. The van der Waals surface area contributed by atoms with Gasteiger partial charge in [0.1, 0.15) is 0 Å². The van der Waals surface area contributed by atoms with Crippen molar-refractivity contribution in [3.05, 3.63) is 36.2 Å². The summed E-state index contributed by atoms with van der Waals surface area (Å²) in [7, 11) is 3.23. The Balaban J connectivity index is 2.75. The third kappa shape index (κ3) is 1.99. The van der Waals surface area contributed by atoms with Gasteiger partial charge in [0.2, 0.25) is 0 Å². The van der Waals surface area contributed by atoms with Gasteiger partial charge in [-0.15, -0.1) is 0 Å². The molecule has 0 aromatic heterocycles. The first-order valence-corrected chi connectivity index (χ1v) is 3.61. The van der Waals surface area contributed by atoms with Crippen molar-refractivity contribution in [2.75, 3.05) is 14.2 Å². The van der Waals surface area contributed by atoms with Crippen molar-refractivity contribution in [3.8, 4) is 0 Å². The van der Waals surface area contributed by atoms with Gasteiger partial charge in [-0.05, 0) is 12.2 Å². The highest BCUT2D eigenvalue weighted by Crippen LogP contribution is 2.08. The summed E-state index contributed by atoms with van der Waals surface area (Å²) >= 11 is 0. The van der Waals surface area contributed by atoms with Crippen LogP contribution in [0.3, 0.4) is 0 Å². The molecule has 3 nitrogen and oxygen atoms in total. The SMILES string of the molecule is COC(=O)/C=C1/C=CC=CN1C. The van der Waals surface area contributed by atoms with Crippen molar-refractivity contribution < 1.29 is 9.53 Å². The number of likely N-dealkylation sites (N-methyl/N-ethyl adjacent to an activating group) is 1. The summed E-state index contributed by atoms with van der Waals surface area (Å²) in [6.45, 7) is 0. The third-order valence-electron chi connectivity index (χ3n) is 1.56. The zero-order valence-electron chi connectivity index (χ0n) is 7.15. The van der Waals surface area contributed by atoms with E-state index in [1.54, 1.807) is 0 Å². The first-order chi connectivity index (χ1) is 5.74. The van der Waals surface area contributed by atoms with Crippen LogP contribution in [-0.4, -0.2) is 25.0 Å². The average molecular weight is 165 g/mol. The molecule has 64 valence electrons. The minimum atomic E-state index is -0.336. The van der Waals surface area contributed by atoms with E-state index in [0.717, 1.165) is 5.70 Å². The van der Waals surface area contributed by atoms with Crippen molar-refractivity contribution in [2.45, 2.75) is 0 Å². The number of allylic oxidation sites excluding steroid dienone is 3. The van der Waals surface area contributed by atoms with Gasteiger partial charge in [-0.2, -0.15) is 0 Å². The third-order valence-corrected chi connectivity index (χ3v) is 1.56. The minimum absolute atomic E-state index is 0.336. The molecule has 1 aliphatic rings. The Morgan fingerprint density at radius 1 is 1.58 bits per heavy atom. The van der Waals surface area contributed by atoms with Gasteiger partial charge in [-0.1, -0.05) is 6.08 Å². The molecule has 1 rings (SSSR count). The molecular weight excluding hydrogens is 154 g/mol. The predicted molar refractivity (Wildman–Crippen MR) is 46.1 cm³/mol. The van der Waals surface area contributed by atoms with E-state index in [2.05, 4.69) is 4.74 Å². The molecule has 0 N–H and O–H groups in total. The standard InChI is InChI=1S/C9H11NO2/c1-10-6-4-3-5-8(10)7-9(11)12-2/h3-7H,1-2H3/b8-7-. The maximum absolute atomic E-state index is 10.8. The molecule has 3 heteroatoms. The summed E-state index contributed by atoms with van der Waals surface area (Å²) in [4.78, 5) is 12.7. The van der Waals surface area contributed by atoms with Crippen LogP contribution in [-0.2, 0) is 9.53 Å². The van der Waals surface area contributed by atoms with Crippen molar-refractivity contribution in [1.82, 2.24) is 4.90 Å². The number of hydrogen-bond acceptors (Lipinski definition) is 3. The highest BCUT2D eigenvalue weighted by molar-refractivity contribution is 5.83. The second-order valence-electron chi connectivity index (χ2n) is 2.40.